The average Bonchev–Trinajstić information content (AvgIpc) is 2.41. The van der Waals surface area contributed by atoms with Crippen LogP contribution in [0, 0.1) is 11.8 Å². The normalized spacial score (nSPS) is 31.2. The molecule has 0 amide bonds. The summed E-state index contributed by atoms with van der Waals surface area (Å²) in [6.45, 7) is 2.84. The lowest BCUT2D eigenvalue weighted by Gasteiger charge is -2.31. The highest BCUT2D eigenvalue weighted by molar-refractivity contribution is 5.72. The molecular weight excluding hydrogens is 228 g/mol. The second-order valence-electron chi connectivity index (χ2n) is 5.89. The molecule has 0 aromatic heterocycles. The van der Waals surface area contributed by atoms with E-state index in [2.05, 4.69) is 11.9 Å². The lowest BCUT2D eigenvalue weighted by atomic mass is 9.82. The minimum absolute atomic E-state index is 0.0417. The Morgan fingerprint density at radius 2 is 1.78 bits per heavy atom. The van der Waals surface area contributed by atoms with Crippen molar-refractivity contribution in [2.45, 2.75) is 44.6 Å². The number of esters is 1. The van der Waals surface area contributed by atoms with Gasteiger partial charge in [-0.15, -0.1) is 0 Å². The Labute approximate surface area is 110 Å². The SMILES string of the molecule is CN1CCC(OC(=O)C2CCC(CN)CC2)CC1. The zero-order chi connectivity index (χ0) is 13.0. The zero-order valence-corrected chi connectivity index (χ0v) is 11.4. The van der Waals surface area contributed by atoms with Gasteiger partial charge in [0.1, 0.15) is 6.10 Å². The van der Waals surface area contributed by atoms with Crippen molar-refractivity contribution < 1.29 is 9.53 Å². The molecule has 1 heterocycles. The summed E-state index contributed by atoms with van der Waals surface area (Å²) >= 11 is 0. The highest BCUT2D eigenvalue weighted by Crippen LogP contribution is 2.29. The maximum atomic E-state index is 12.1. The molecule has 104 valence electrons. The number of likely N-dealkylation sites (tertiary alicyclic amines) is 1. The Kier molecular flexibility index (Phi) is 5.01. The van der Waals surface area contributed by atoms with Crippen LogP contribution >= 0.6 is 0 Å². The van der Waals surface area contributed by atoms with E-state index in [1.807, 2.05) is 0 Å². The van der Waals surface area contributed by atoms with Crippen LogP contribution in [0.15, 0.2) is 0 Å². The zero-order valence-electron chi connectivity index (χ0n) is 11.4. The van der Waals surface area contributed by atoms with Gasteiger partial charge in [0.05, 0.1) is 5.92 Å². The molecule has 1 saturated heterocycles. The van der Waals surface area contributed by atoms with E-state index < -0.39 is 0 Å². The van der Waals surface area contributed by atoms with Crippen molar-refractivity contribution in [1.82, 2.24) is 4.90 Å². The fourth-order valence-electron chi connectivity index (χ4n) is 3.00. The molecule has 0 bridgehead atoms. The molecule has 4 heteroatoms. The molecule has 4 nitrogen and oxygen atoms in total. The van der Waals surface area contributed by atoms with Crippen LogP contribution in [0.2, 0.25) is 0 Å². The minimum Gasteiger partial charge on any atom is -0.462 e. The van der Waals surface area contributed by atoms with Crippen molar-refractivity contribution >= 4 is 5.97 Å². The van der Waals surface area contributed by atoms with Gasteiger partial charge >= 0.3 is 5.97 Å². The molecule has 18 heavy (non-hydrogen) atoms. The van der Waals surface area contributed by atoms with E-state index in [4.69, 9.17) is 10.5 Å². The summed E-state index contributed by atoms with van der Waals surface area (Å²) in [7, 11) is 2.12. The fourth-order valence-corrected chi connectivity index (χ4v) is 3.00. The maximum Gasteiger partial charge on any atom is 0.309 e. The molecule has 1 aliphatic heterocycles. The standard InChI is InChI=1S/C14H26N2O2/c1-16-8-6-13(7-9-16)18-14(17)12-4-2-11(10-15)3-5-12/h11-13H,2-10,15H2,1H3. The number of hydrogen-bond donors (Lipinski definition) is 1. The van der Waals surface area contributed by atoms with Gasteiger partial charge in [-0.25, -0.2) is 0 Å². The van der Waals surface area contributed by atoms with Crippen molar-refractivity contribution in [3.05, 3.63) is 0 Å². The Bertz CT molecular complexity index is 267. The highest BCUT2D eigenvalue weighted by Gasteiger charge is 2.29. The van der Waals surface area contributed by atoms with Crippen LogP contribution in [0.25, 0.3) is 0 Å². The van der Waals surface area contributed by atoms with Gasteiger partial charge in [-0.05, 0) is 58.0 Å². The van der Waals surface area contributed by atoms with Crippen LogP contribution in [-0.2, 0) is 9.53 Å². The summed E-state index contributed by atoms with van der Waals surface area (Å²) in [6.07, 6.45) is 6.23. The third-order valence-corrected chi connectivity index (χ3v) is 4.46. The summed E-state index contributed by atoms with van der Waals surface area (Å²) in [5.74, 6) is 0.796. The van der Waals surface area contributed by atoms with Gasteiger partial charge in [0.15, 0.2) is 0 Å². The molecule has 0 atom stereocenters. The number of hydrogen-bond acceptors (Lipinski definition) is 4. The number of carbonyl (C=O) groups is 1. The molecule has 2 rings (SSSR count). The topological polar surface area (TPSA) is 55.6 Å². The van der Waals surface area contributed by atoms with Gasteiger partial charge in [-0.3, -0.25) is 4.79 Å². The number of nitrogens with zero attached hydrogens (tertiary/aromatic N) is 1. The molecule has 1 saturated carbocycles. The Hall–Kier alpha value is -0.610. The monoisotopic (exact) mass is 254 g/mol. The van der Waals surface area contributed by atoms with E-state index in [1.165, 1.54) is 0 Å². The predicted molar refractivity (Wildman–Crippen MR) is 71.1 cm³/mol. The number of rotatable bonds is 3. The quantitative estimate of drug-likeness (QED) is 0.773. The molecule has 0 aromatic carbocycles. The predicted octanol–water partition coefficient (Wildman–Crippen LogP) is 1.39. The van der Waals surface area contributed by atoms with Gasteiger partial charge in [-0.1, -0.05) is 0 Å². The van der Waals surface area contributed by atoms with Crippen molar-refractivity contribution in [1.29, 1.82) is 0 Å². The summed E-state index contributed by atoms with van der Waals surface area (Å²) in [4.78, 5) is 14.4. The second kappa shape index (κ2) is 6.53. The summed E-state index contributed by atoms with van der Waals surface area (Å²) in [6, 6.07) is 0. The van der Waals surface area contributed by atoms with Crippen LogP contribution in [0.1, 0.15) is 38.5 Å². The third-order valence-electron chi connectivity index (χ3n) is 4.46. The van der Waals surface area contributed by atoms with E-state index in [0.29, 0.717) is 5.92 Å². The summed E-state index contributed by atoms with van der Waals surface area (Å²) in [5.41, 5.74) is 5.67. The van der Waals surface area contributed by atoms with Crippen LogP contribution in [0.3, 0.4) is 0 Å². The fraction of sp³-hybridized carbons (Fsp3) is 0.929. The van der Waals surface area contributed by atoms with Crippen molar-refractivity contribution in [2.24, 2.45) is 17.6 Å². The van der Waals surface area contributed by atoms with E-state index >= 15 is 0 Å². The molecular formula is C14H26N2O2. The number of nitrogens with two attached hydrogens (primary N) is 1. The molecule has 0 unspecified atom stereocenters. The van der Waals surface area contributed by atoms with E-state index in [-0.39, 0.29) is 18.0 Å². The maximum absolute atomic E-state index is 12.1. The molecule has 2 N–H and O–H groups in total. The largest absolute Gasteiger partial charge is 0.462 e. The van der Waals surface area contributed by atoms with Gasteiger partial charge < -0.3 is 15.4 Å². The molecule has 2 aliphatic rings. The Morgan fingerprint density at radius 3 is 2.33 bits per heavy atom. The molecule has 1 aliphatic carbocycles. The molecule has 0 aromatic rings. The smallest absolute Gasteiger partial charge is 0.309 e. The number of piperidine rings is 1. The van der Waals surface area contributed by atoms with Crippen molar-refractivity contribution in [3.8, 4) is 0 Å². The van der Waals surface area contributed by atoms with Crippen LogP contribution in [0.5, 0.6) is 0 Å². The lowest BCUT2D eigenvalue weighted by molar-refractivity contribution is -0.157. The molecule has 0 spiro atoms. The Balaban J connectivity index is 1.72. The second-order valence-corrected chi connectivity index (χ2v) is 5.89. The molecule has 0 radical (unpaired) electrons. The van der Waals surface area contributed by atoms with E-state index in [0.717, 1.165) is 58.2 Å². The van der Waals surface area contributed by atoms with Gasteiger partial charge in [0.25, 0.3) is 0 Å². The summed E-state index contributed by atoms with van der Waals surface area (Å²) in [5, 5.41) is 0. The number of ether oxygens (including phenoxy) is 1. The van der Waals surface area contributed by atoms with Crippen molar-refractivity contribution in [3.63, 3.8) is 0 Å². The minimum atomic E-state index is 0.0417. The highest BCUT2D eigenvalue weighted by atomic mass is 16.5. The first-order valence-corrected chi connectivity index (χ1v) is 7.28. The van der Waals surface area contributed by atoms with Crippen LogP contribution < -0.4 is 5.73 Å². The lowest BCUT2D eigenvalue weighted by Crippen LogP contribution is -2.37. The third kappa shape index (κ3) is 3.69. The average molecular weight is 254 g/mol. The summed E-state index contributed by atoms with van der Waals surface area (Å²) < 4.78 is 5.65. The van der Waals surface area contributed by atoms with Gasteiger partial charge in [0.2, 0.25) is 0 Å². The van der Waals surface area contributed by atoms with Gasteiger partial charge in [0, 0.05) is 13.1 Å². The molecule has 2 fully saturated rings. The first-order valence-electron chi connectivity index (χ1n) is 7.28. The number of carbonyl (C=O) groups excluding carboxylic acids is 1. The van der Waals surface area contributed by atoms with Gasteiger partial charge in [-0.2, -0.15) is 0 Å². The first kappa shape index (κ1) is 13.8. The van der Waals surface area contributed by atoms with Crippen LogP contribution in [-0.4, -0.2) is 43.7 Å². The van der Waals surface area contributed by atoms with E-state index in [9.17, 15) is 4.79 Å². The van der Waals surface area contributed by atoms with Crippen LogP contribution in [0.4, 0.5) is 0 Å². The van der Waals surface area contributed by atoms with Crippen molar-refractivity contribution in [2.75, 3.05) is 26.7 Å². The van der Waals surface area contributed by atoms with E-state index in [1.54, 1.807) is 0 Å². The Morgan fingerprint density at radius 1 is 1.17 bits per heavy atom. The first-order chi connectivity index (χ1) is 8.69.